The van der Waals surface area contributed by atoms with E-state index in [-0.39, 0.29) is 33.8 Å². The molecule has 26 heavy (non-hydrogen) atoms. The Morgan fingerprint density at radius 3 is 1.38 bits per heavy atom. The molecule has 4 aromatic carbocycles. The van der Waals surface area contributed by atoms with Crippen LogP contribution in [0.5, 0.6) is 11.5 Å². The van der Waals surface area contributed by atoms with Gasteiger partial charge in [0, 0.05) is 21.9 Å². The highest BCUT2D eigenvalue weighted by atomic mass is 16.3. The number of carbonyl (C=O) groups is 2. The van der Waals surface area contributed by atoms with E-state index in [1.807, 2.05) is 24.3 Å². The number of aromatic hydroxyl groups is 2. The standard InChI is InChI=1S/C22H12O4/c23-19-13-7-3-4-8-14(13)20(24)18-17(19)21(25)15-9-11-5-1-2-6-12(11)10-16(15)22(18)26/h1-10,25-26H. The minimum Gasteiger partial charge on any atom is -0.506 e. The fraction of sp³-hybridized carbons (Fsp3) is 0. The maximum Gasteiger partial charge on any atom is 0.198 e. The number of benzene rings is 4. The summed E-state index contributed by atoms with van der Waals surface area (Å²) in [5.41, 5.74) is 0.211. The number of carbonyl (C=O) groups excluding carboxylic acids is 2. The molecule has 124 valence electrons. The van der Waals surface area contributed by atoms with E-state index in [1.165, 1.54) is 0 Å². The predicted molar refractivity (Wildman–Crippen MR) is 98.1 cm³/mol. The third-order valence-electron chi connectivity index (χ3n) is 4.99. The zero-order chi connectivity index (χ0) is 18.0. The molecule has 1 aliphatic carbocycles. The molecule has 0 bridgehead atoms. The van der Waals surface area contributed by atoms with Gasteiger partial charge in [-0.3, -0.25) is 9.59 Å². The van der Waals surface area contributed by atoms with Crippen molar-refractivity contribution in [2.24, 2.45) is 0 Å². The van der Waals surface area contributed by atoms with E-state index >= 15 is 0 Å². The van der Waals surface area contributed by atoms with Crippen LogP contribution in [-0.2, 0) is 0 Å². The molecule has 1 aliphatic rings. The fourth-order valence-corrected chi connectivity index (χ4v) is 3.73. The molecule has 2 N–H and O–H groups in total. The summed E-state index contributed by atoms with van der Waals surface area (Å²) in [5.74, 6) is -1.46. The molecular formula is C22H12O4. The Bertz CT molecular complexity index is 1190. The number of hydrogen-bond acceptors (Lipinski definition) is 4. The first-order valence-electron chi connectivity index (χ1n) is 8.16. The first-order valence-corrected chi connectivity index (χ1v) is 8.16. The SMILES string of the molecule is O=C1c2ccccc2C(=O)c2c1c(O)c1cc3ccccc3cc1c2O. The second-order valence-electron chi connectivity index (χ2n) is 6.40. The molecular weight excluding hydrogens is 328 g/mol. The van der Waals surface area contributed by atoms with Gasteiger partial charge in [-0.1, -0.05) is 48.5 Å². The van der Waals surface area contributed by atoms with Gasteiger partial charge in [-0.15, -0.1) is 0 Å². The lowest BCUT2D eigenvalue weighted by atomic mass is 9.81. The zero-order valence-electron chi connectivity index (χ0n) is 13.5. The van der Waals surface area contributed by atoms with Crippen molar-refractivity contribution in [3.8, 4) is 11.5 Å². The normalized spacial score (nSPS) is 13.1. The topological polar surface area (TPSA) is 74.6 Å². The molecule has 0 saturated carbocycles. The average Bonchev–Trinajstić information content (AvgIpc) is 2.67. The summed E-state index contributed by atoms with van der Waals surface area (Å²) in [6, 6.07) is 17.4. The third kappa shape index (κ3) is 1.73. The lowest BCUT2D eigenvalue weighted by Crippen LogP contribution is -2.21. The molecule has 0 radical (unpaired) electrons. The summed E-state index contributed by atoms with van der Waals surface area (Å²) < 4.78 is 0. The first kappa shape index (κ1) is 14.7. The minimum absolute atomic E-state index is 0.131. The largest absolute Gasteiger partial charge is 0.506 e. The Labute approximate surface area is 147 Å². The van der Waals surface area contributed by atoms with Gasteiger partial charge in [0.15, 0.2) is 11.6 Å². The highest BCUT2D eigenvalue weighted by molar-refractivity contribution is 6.32. The second-order valence-corrected chi connectivity index (χ2v) is 6.40. The summed E-state index contributed by atoms with van der Waals surface area (Å²) >= 11 is 0. The van der Waals surface area contributed by atoms with Gasteiger partial charge in [-0.2, -0.15) is 0 Å². The van der Waals surface area contributed by atoms with Gasteiger partial charge in [0.1, 0.15) is 11.5 Å². The second kappa shape index (κ2) is 4.92. The van der Waals surface area contributed by atoms with Crippen LogP contribution >= 0.6 is 0 Å². The van der Waals surface area contributed by atoms with Crippen molar-refractivity contribution < 1.29 is 19.8 Å². The number of phenolic OH excluding ortho intramolecular Hbond substituents is 2. The van der Waals surface area contributed by atoms with E-state index in [0.717, 1.165) is 10.8 Å². The molecule has 4 heteroatoms. The van der Waals surface area contributed by atoms with E-state index in [1.54, 1.807) is 36.4 Å². The van der Waals surface area contributed by atoms with Crippen LogP contribution in [0.4, 0.5) is 0 Å². The first-order chi connectivity index (χ1) is 12.6. The monoisotopic (exact) mass is 340 g/mol. The van der Waals surface area contributed by atoms with Gasteiger partial charge < -0.3 is 10.2 Å². The highest BCUT2D eigenvalue weighted by Gasteiger charge is 2.35. The van der Waals surface area contributed by atoms with Crippen LogP contribution in [0, 0.1) is 0 Å². The summed E-state index contributed by atoms with van der Waals surface area (Å²) in [5, 5.41) is 24.0. The van der Waals surface area contributed by atoms with E-state index in [4.69, 9.17) is 0 Å². The van der Waals surface area contributed by atoms with Crippen molar-refractivity contribution in [3.63, 3.8) is 0 Å². The Balaban J connectivity index is 1.96. The molecule has 0 saturated heterocycles. The molecule has 0 amide bonds. The lowest BCUT2D eigenvalue weighted by molar-refractivity contribution is 0.0974. The Morgan fingerprint density at radius 2 is 0.962 bits per heavy atom. The fourth-order valence-electron chi connectivity index (χ4n) is 3.73. The van der Waals surface area contributed by atoms with Crippen LogP contribution in [0.25, 0.3) is 21.5 Å². The van der Waals surface area contributed by atoms with Gasteiger partial charge in [0.2, 0.25) is 0 Å². The average molecular weight is 340 g/mol. The quantitative estimate of drug-likeness (QED) is 0.328. The third-order valence-corrected chi connectivity index (χ3v) is 4.99. The number of fused-ring (bicyclic) bond motifs is 4. The molecule has 0 spiro atoms. The van der Waals surface area contributed by atoms with Crippen molar-refractivity contribution in [2.45, 2.75) is 0 Å². The van der Waals surface area contributed by atoms with Gasteiger partial charge in [-0.25, -0.2) is 0 Å². The summed E-state index contributed by atoms with van der Waals surface area (Å²) in [6.07, 6.45) is 0. The molecule has 0 aromatic heterocycles. The number of rotatable bonds is 0. The molecule has 0 fully saturated rings. The van der Waals surface area contributed by atoms with Crippen LogP contribution in [-0.4, -0.2) is 21.8 Å². The van der Waals surface area contributed by atoms with Crippen molar-refractivity contribution in [2.75, 3.05) is 0 Å². The maximum atomic E-state index is 12.9. The van der Waals surface area contributed by atoms with Gasteiger partial charge in [0.25, 0.3) is 0 Å². The molecule has 4 aromatic rings. The minimum atomic E-state index is -0.460. The molecule has 0 unspecified atom stereocenters. The Kier molecular flexibility index (Phi) is 2.78. The smallest absolute Gasteiger partial charge is 0.198 e. The molecule has 0 heterocycles. The number of phenols is 2. The van der Waals surface area contributed by atoms with Crippen LogP contribution in [0.15, 0.2) is 60.7 Å². The highest BCUT2D eigenvalue weighted by Crippen LogP contribution is 2.45. The predicted octanol–water partition coefficient (Wildman–Crippen LogP) is 4.18. The van der Waals surface area contributed by atoms with Crippen molar-refractivity contribution in [1.29, 1.82) is 0 Å². The van der Waals surface area contributed by atoms with Gasteiger partial charge in [-0.05, 0) is 22.9 Å². The van der Waals surface area contributed by atoms with E-state index in [9.17, 15) is 19.8 Å². The number of hydrogen-bond donors (Lipinski definition) is 2. The van der Waals surface area contributed by atoms with Crippen molar-refractivity contribution >= 4 is 33.1 Å². The van der Waals surface area contributed by atoms with Crippen molar-refractivity contribution in [1.82, 2.24) is 0 Å². The maximum absolute atomic E-state index is 12.9. The lowest BCUT2D eigenvalue weighted by Gasteiger charge is -2.21. The Morgan fingerprint density at radius 1 is 0.577 bits per heavy atom. The van der Waals surface area contributed by atoms with Crippen LogP contribution in [0.1, 0.15) is 31.8 Å². The van der Waals surface area contributed by atoms with Crippen molar-refractivity contribution in [3.05, 3.63) is 82.9 Å². The molecule has 0 aliphatic heterocycles. The Hall–Kier alpha value is -3.66. The van der Waals surface area contributed by atoms with Crippen LogP contribution in [0.2, 0.25) is 0 Å². The number of ketones is 2. The van der Waals surface area contributed by atoms with E-state index in [2.05, 4.69) is 0 Å². The van der Waals surface area contributed by atoms with Gasteiger partial charge >= 0.3 is 0 Å². The van der Waals surface area contributed by atoms with E-state index < -0.39 is 11.6 Å². The zero-order valence-corrected chi connectivity index (χ0v) is 13.5. The molecule has 4 nitrogen and oxygen atoms in total. The molecule has 5 rings (SSSR count). The summed E-state index contributed by atoms with van der Waals surface area (Å²) in [6.45, 7) is 0. The molecule has 0 atom stereocenters. The van der Waals surface area contributed by atoms with Crippen LogP contribution in [0.3, 0.4) is 0 Å². The van der Waals surface area contributed by atoms with Crippen LogP contribution < -0.4 is 0 Å². The van der Waals surface area contributed by atoms with E-state index in [0.29, 0.717) is 10.8 Å². The summed E-state index contributed by atoms with van der Waals surface area (Å²) in [4.78, 5) is 25.8. The van der Waals surface area contributed by atoms with Gasteiger partial charge in [0.05, 0.1) is 11.1 Å². The summed E-state index contributed by atoms with van der Waals surface area (Å²) in [7, 11) is 0.